The number of nitrogens with zero attached hydrogens (tertiary/aromatic N) is 3. The van der Waals surface area contributed by atoms with E-state index in [0.717, 1.165) is 25.1 Å². The summed E-state index contributed by atoms with van der Waals surface area (Å²) < 4.78 is 2.31. The quantitative estimate of drug-likeness (QED) is 0.548. The number of fused-ring (bicyclic) bond motifs is 1. The van der Waals surface area contributed by atoms with Crippen LogP contribution in [0.4, 0.5) is 0 Å². The normalized spacial score (nSPS) is 11.0. The van der Waals surface area contributed by atoms with Crippen molar-refractivity contribution in [3.8, 4) is 5.69 Å². The van der Waals surface area contributed by atoms with Gasteiger partial charge in [0.05, 0.1) is 16.6 Å². The first kappa shape index (κ1) is 14.3. The van der Waals surface area contributed by atoms with E-state index >= 15 is 0 Å². The van der Waals surface area contributed by atoms with E-state index in [2.05, 4.69) is 11.9 Å². The summed E-state index contributed by atoms with van der Waals surface area (Å²) in [5, 5.41) is 11.8. The standard InChI is InChI=1S/C17H17N3O2/c1-2-3-8-16-18-15-7-5-4-6-14(15)17(21)20(16)13-9-11-19(22)12-10-13/h4-7,9-12H,2-3,8H2,1H3. The van der Waals surface area contributed by atoms with Crippen LogP contribution in [0.3, 0.4) is 0 Å². The molecule has 3 aromatic rings. The summed E-state index contributed by atoms with van der Waals surface area (Å²) >= 11 is 0. The summed E-state index contributed by atoms with van der Waals surface area (Å²) in [5.41, 5.74) is 1.28. The van der Waals surface area contributed by atoms with E-state index in [-0.39, 0.29) is 5.56 Å². The van der Waals surface area contributed by atoms with Gasteiger partial charge in [0, 0.05) is 18.6 Å². The van der Waals surface area contributed by atoms with Gasteiger partial charge in [-0.2, -0.15) is 4.73 Å². The maximum atomic E-state index is 12.8. The third kappa shape index (κ3) is 2.57. The van der Waals surface area contributed by atoms with Crippen molar-refractivity contribution in [3.63, 3.8) is 0 Å². The zero-order valence-corrected chi connectivity index (χ0v) is 12.4. The predicted molar refractivity (Wildman–Crippen MR) is 84.9 cm³/mol. The molecule has 5 heteroatoms. The lowest BCUT2D eigenvalue weighted by molar-refractivity contribution is -0.605. The molecule has 0 unspecified atom stereocenters. The Bertz CT molecular complexity index is 854. The van der Waals surface area contributed by atoms with Gasteiger partial charge in [-0.05, 0) is 18.6 Å². The summed E-state index contributed by atoms with van der Waals surface area (Å²) in [5.74, 6) is 0.731. The SMILES string of the molecule is CCCCc1nc2ccccc2c(=O)n1-c1cc[n+]([O-])cc1. The van der Waals surface area contributed by atoms with Gasteiger partial charge < -0.3 is 5.21 Å². The van der Waals surface area contributed by atoms with Crippen LogP contribution < -0.4 is 10.3 Å². The molecule has 0 radical (unpaired) electrons. The molecule has 22 heavy (non-hydrogen) atoms. The Balaban J connectivity index is 2.27. The molecular weight excluding hydrogens is 278 g/mol. The van der Waals surface area contributed by atoms with Crippen LogP contribution in [0.15, 0.2) is 53.6 Å². The number of benzene rings is 1. The van der Waals surface area contributed by atoms with E-state index in [1.807, 2.05) is 18.2 Å². The molecule has 0 aliphatic rings. The fraction of sp³-hybridized carbons (Fsp3) is 0.235. The molecule has 2 heterocycles. The summed E-state index contributed by atoms with van der Waals surface area (Å²) in [4.78, 5) is 17.5. The van der Waals surface area contributed by atoms with E-state index in [1.54, 1.807) is 22.8 Å². The Kier molecular flexibility index (Phi) is 3.87. The van der Waals surface area contributed by atoms with Gasteiger partial charge in [-0.1, -0.05) is 25.5 Å². The molecule has 0 N–H and O–H groups in total. The molecule has 5 nitrogen and oxygen atoms in total. The number of hydrogen-bond acceptors (Lipinski definition) is 3. The highest BCUT2D eigenvalue weighted by Gasteiger charge is 2.12. The van der Waals surface area contributed by atoms with E-state index in [1.165, 1.54) is 12.4 Å². The van der Waals surface area contributed by atoms with Gasteiger partial charge in [-0.3, -0.25) is 9.36 Å². The number of hydrogen-bond donors (Lipinski definition) is 0. The first-order chi connectivity index (χ1) is 10.7. The molecule has 0 atom stereocenters. The molecule has 112 valence electrons. The summed E-state index contributed by atoms with van der Waals surface area (Å²) in [6.07, 6.45) is 5.49. The number of para-hydroxylation sites is 1. The first-order valence-electron chi connectivity index (χ1n) is 7.40. The summed E-state index contributed by atoms with van der Waals surface area (Å²) in [6.45, 7) is 2.10. The largest absolute Gasteiger partial charge is 0.619 e. The van der Waals surface area contributed by atoms with Crippen LogP contribution in [-0.4, -0.2) is 9.55 Å². The maximum Gasteiger partial charge on any atom is 0.265 e. The van der Waals surface area contributed by atoms with Crippen molar-refractivity contribution in [1.29, 1.82) is 0 Å². The zero-order chi connectivity index (χ0) is 15.5. The maximum absolute atomic E-state index is 12.8. The van der Waals surface area contributed by atoms with Crippen LogP contribution in [0.25, 0.3) is 16.6 Å². The minimum Gasteiger partial charge on any atom is -0.619 e. The minimum absolute atomic E-state index is 0.0969. The minimum atomic E-state index is -0.0969. The highest BCUT2D eigenvalue weighted by atomic mass is 16.5. The van der Waals surface area contributed by atoms with E-state index in [0.29, 0.717) is 21.3 Å². The molecule has 0 spiro atoms. The fourth-order valence-corrected chi connectivity index (χ4v) is 2.50. The molecule has 0 aliphatic carbocycles. The van der Waals surface area contributed by atoms with Gasteiger partial charge >= 0.3 is 0 Å². The topological polar surface area (TPSA) is 61.8 Å². The molecule has 1 aromatic carbocycles. The second-order valence-corrected chi connectivity index (χ2v) is 5.21. The summed E-state index contributed by atoms with van der Waals surface area (Å²) in [7, 11) is 0. The molecule has 2 aromatic heterocycles. The fourth-order valence-electron chi connectivity index (χ4n) is 2.50. The van der Waals surface area contributed by atoms with Crippen molar-refractivity contribution in [2.45, 2.75) is 26.2 Å². The van der Waals surface area contributed by atoms with Crippen molar-refractivity contribution in [2.24, 2.45) is 0 Å². The molecule has 3 rings (SSSR count). The molecule has 0 aliphatic heterocycles. The van der Waals surface area contributed by atoms with Gasteiger partial charge in [-0.25, -0.2) is 4.98 Å². The number of pyridine rings is 1. The Morgan fingerprint density at radius 2 is 1.91 bits per heavy atom. The zero-order valence-electron chi connectivity index (χ0n) is 12.4. The van der Waals surface area contributed by atoms with Crippen molar-refractivity contribution < 1.29 is 4.73 Å². The Morgan fingerprint density at radius 1 is 1.18 bits per heavy atom. The van der Waals surface area contributed by atoms with Crippen LogP contribution in [0.1, 0.15) is 25.6 Å². The monoisotopic (exact) mass is 295 g/mol. The van der Waals surface area contributed by atoms with E-state index < -0.39 is 0 Å². The Morgan fingerprint density at radius 3 is 2.64 bits per heavy atom. The average molecular weight is 295 g/mol. The Labute approximate surface area is 128 Å². The van der Waals surface area contributed by atoms with Gasteiger partial charge in [0.15, 0.2) is 12.4 Å². The lowest BCUT2D eigenvalue weighted by Gasteiger charge is -2.13. The molecule has 0 fully saturated rings. The molecule has 0 bridgehead atoms. The third-order valence-electron chi connectivity index (χ3n) is 3.64. The second-order valence-electron chi connectivity index (χ2n) is 5.21. The number of aryl methyl sites for hydroxylation is 1. The van der Waals surface area contributed by atoms with Crippen LogP contribution in [0, 0.1) is 5.21 Å². The number of unbranched alkanes of at least 4 members (excludes halogenated alkanes) is 1. The molecular formula is C17H17N3O2. The Hall–Kier alpha value is -2.69. The van der Waals surface area contributed by atoms with Gasteiger partial charge in [0.1, 0.15) is 5.82 Å². The third-order valence-corrected chi connectivity index (χ3v) is 3.64. The van der Waals surface area contributed by atoms with E-state index in [9.17, 15) is 10.0 Å². The van der Waals surface area contributed by atoms with Gasteiger partial charge in [0.2, 0.25) is 0 Å². The summed E-state index contributed by atoms with van der Waals surface area (Å²) in [6, 6.07) is 10.6. The molecule has 0 saturated carbocycles. The van der Waals surface area contributed by atoms with Crippen LogP contribution in [0.5, 0.6) is 0 Å². The van der Waals surface area contributed by atoms with Crippen LogP contribution in [0.2, 0.25) is 0 Å². The lowest BCUT2D eigenvalue weighted by atomic mass is 10.2. The molecule has 0 amide bonds. The van der Waals surface area contributed by atoms with Crippen molar-refractivity contribution in [2.75, 3.05) is 0 Å². The smallest absolute Gasteiger partial charge is 0.265 e. The highest BCUT2D eigenvalue weighted by molar-refractivity contribution is 5.77. The van der Waals surface area contributed by atoms with Crippen molar-refractivity contribution >= 4 is 10.9 Å². The highest BCUT2D eigenvalue weighted by Crippen LogP contribution is 2.13. The number of aromatic nitrogens is 3. The molecule has 0 saturated heterocycles. The van der Waals surface area contributed by atoms with Crippen LogP contribution in [-0.2, 0) is 6.42 Å². The van der Waals surface area contributed by atoms with Crippen molar-refractivity contribution in [1.82, 2.24) is 9.55 Å². The average Bonchev–Trinajstić information content (AvgIpc) is 2.54. The number of rotatable bonds is 4. The van der Waals surface area contributed by atoms with Gasteiger partial charge in [-0.15, -0.1) is 0 Å². The first-order valence-corrected chi connectivity index (χ1v) is 7.40. The van der Waals surface area contributed by atoms with Crippen molar-refractivity contribution in [3.05, 3.63) is 70.2 Å². The predicted octanol–water partition coefficient (Wildman–Crippen LogP) is 2.36. The van der Waals surface area contributed by atoms with Gasteiger partial charge in [0.25, 0.3) is 5.56 Å². The van der Waals surface area contributed by atoms with Crippen LogP contribution >= 0.6 is 0 Å². The second kappa shape index (κ2) is 5.97. The lowest BCUT2D eigenvalue weighted by Crippen LogP contribution is -2.27. The van der Waals surface area contributed by atoms with E-state index in [4.69, 9.17) is 0 Å².